The Morgan fingerprint density at radius 2 is 2.18 bits per heavy atom. The third-order valence-electron chi connectivity index (χ3n) is 3.04. The molecule has 0 radical (unpaired) electrons. The number of aliphatic hydroxyl groups excluding tert-OH is 1. The number of aliphatic hydroxyl groups is 1. The molecular formula is C13H18N2O2. The van der Waals surface area contributed by atoms with Gasteiger partial charge in [0.15, 0.2) is 0 Å². The summed E-state index contributed by atoms with van der Waals surface area (Å²) in [6, 6.07) is 9.65. The first-order valence-electron chi connectivity index (χ1n) is 5.87. The van der Waals surface area contributed by atoms with Crippen LogP contribution in [0.3, 0.4) is 0 Å². The van der Waals surface area contributed by atoms with Crippen LogP contribution in [0.1, 0.15) is 12.0 Å². The van der Waals surface area contributed by atoms with Crippen LogP contribution in [0.25, 0.3) is 0 Å². The summed E-state index contributed by atoms with van der Waals surface area (Å²) < 4.78 is 0. The molecule has 4 heteroatoms. The van der Waals surface area contributed by atoms with Crippen molar-refractivity contribution in [2.45, 2.75) is 25.1 Å². The van der Waals surface area contributed by atoms with Crippen molar-refractivity contribution in [3.8, 4) is 0 Å². The molecule has 17 heavy (non-hydrogen) atoms. The van der Waals surface area contributed by atoms with Gasteiger partial charge in [0.1, 0.15) is 0 Å². The topological polar surface area (TPSA) is 52.6 Å². The molecule has 1 aromatic rings. The van der Waals surface area contributed by atoms with E-state index in [9.17, 15) is 9.90 Å². The summed E-state index contributed by atoms with van der Waals surface area (Å²) >= 11 is 0. The first-order chi connectivity index (χ1) is 8.16. The maximum atomic E-state index is 12.0. The van der Waals surface area contributed by atoms with Gasteiger partial charge in [-0.3, -0.25) is 4.79 Å². The van der Waals surface area contributed by atoms with Gasteiger partial charge < -0.3 is 15.3 Å². The molecule has 0 bridgehead atoms. The minimum Gasteiger partial charge on any atom is -0.392 e. The van der Waals surface area contributed by atoms with Crippen molar-refractivity contribution in [2.24, 2.45) is 0 Å². The van der Waals surface area contributed by atoms with E-state index in [2.05, 4.69) is 5.32 Å². The third-order valence-corrected chi connectivity index (χ3v) is 3.04. The standard InChI is InChI=1S/C13H18N2O2/c1-15(9-10-5-3-2-4-6-10)13(17)12-7-11(16)8-14-12/h2-6,11-12,14,16H,7-9H2,1H3. The fourth-order valence-corrected chi connectivity index (χ4v) is 2.11. The number of nitrogens with one attached hydrogen (secondary N) is 1. The van der Waals surface area contributed by atoms with Crippen LogP contribution < -0.4 is 5.32 Å². The van der Waals surface area contributed by atoms with Crippen molar-refractivity contribution in [1.82, 2.24) is 10.2 Å². The minimum atomic E-state index is -0.394. The number of nitrogens with zero attached hydrogens (tertiary/aromatic N) is 1. The Morgan fingerprint density at radius 3 is 2.76 bits per heavy atom. The number of carbonyl (C=O) groups is 1. The van der Waals surface area contributed by atoms with E-state index in [0.29, 0.717) is 19.5 Å². The van der Waals surface area contributed by atoms with Gasteiger partial charge >= 0.3 is 0 Å². The molecule has 0 spiro atoms. The van der Waals surface area contributed by atoms with E-state index >= 15 is 0 Å². The summed E-state index contributed by atoms with van der Waals surface area (Å²) in [4.78, 5) is 13.7. The zero-order valence-electron chi connectivity index (χ0n) is 9.97. The Labute approximate surface area is 101 Å². The second-order valence-electron chi connectivity index (χ2n) is 4.53. The molecule has 0 aromatic heterocycles. The van der Waals surface area contributed by atoms with Crippen LogP contribution in [-0.2, 0) is 11.3 Å². The largest absolute Gasteiger partial charge is 0.392 e. The second kappa shape index (κ2) is 5.29. The number of hydrogen-bond acceptors (Lipinski definition) is 3. The van der Waals surface area contributed by atoms with Crippen LogP contribution in [0.2, 0.25) is 0 Å². The van der Waals surface area contributed by atoms with Crippen molar-refractivity contribution in [3.05, 3.63) is 35.9 Å². The molecule has 1 aromatic carbocycles. The van der Waals surface area contributed by atoms with Gasteiger partial charge in [-0.2, -0.15) is 0 Å². The molecule has 4 nitrogen and oxygen atoms in total. The van der Waals surface area contributed by atoms with Crippen LogP contribution in [0, 0.1) is 0 Å². The van der Waals surface area contributed by atoms with E-state index in [1.807, 2.05) is 30.3 Å². The van der Waals surface area contributed by atoms with E-state index in [4.69, 9.17) is 0 Å². The highest BCUT2D eigenvalue weighted by Gasteiger charge is 2.29. The van der Waals surface area contributed by atoms with Crippen LogP contribution in [0.5, 0.6) is 0 Å². The van der Waals surface area contributed by atoms with Gasteiger partial charge in [0.25, 0.3) is 0 Å². The normalized spacial score (nSPS) is 23.6. The first kappa shape index (κ1) is 12.1. The summed E-state index contributed by atoms with van der Waals surface area (Å²) in [5.41, 5.74) is 1.11. The molecular weight excluding hydrogens is 216 g/mol. The fraction of sp³-hybridized carbons (Fsp3) is 0.462. The minimum absolute atomic E-state index is 0.0467. The molecule has 1 heterocycles. The van der Waals surface area contributed by atoms with Crippen molar-refractivity contribution < 1.29 is 9.90 Å². The maximum absolute atomic E-state index is 12.0. The predicted octanol–water partition coefficient (Wildman–Crippen LogP) is 0.368. The summed E-state index contributed by atoms with van der Waals surface area (Å²) in [7, 11) is 1.79. The molecule has 1 saturated heterocycles. The summed E-state index contributed by atoms with van der Waals surface area (Å²) in [6.45, 7) is 1.11. The smallest absolute Gasteiger partial charge is 0.239 e. The lowest BCUT2D eigenvalue weighted by Crippen LogP contribution is -2.41. The highest BCUT2D eigenvalue weighted by molar-refractivity contribution is 5.82. The van der Waals surface area contributed by atoms with Crippen molar-refractivity contribution in [1.29, 1.82) is 0 Å². The van der Waals surface area contributed by atoms with Crippen LogP contribution in [-0.4, -0.2) is 41.7 Å². The molecule has 1 aliphatic heterocycles. The van der Waals surface area contributed by atoms with Crippen LogP contribution in [0.4, 0.5) is 0 Å². The molecule has 2 rings (SSSR count). The average molecular weight is 234 g/mol. The molecule has 2 unspecified atom stereocenters. The number of β-amino-alcohol motifs (C(OH)–C–C–N with tert-alkyl or cyclic N) is 1. The molecule has 1 amide bonds. The van der Waals surface area contributed by atoms with Crippen molar-refractivity contribution in [3.63, 3.8) is 0 Å². The zero-order chi connectivity index (χ0) is 12.3. The second-order valence-corrected chi connectivity index (χ2v) is 4.53. The molecule has 92 valence electrons. The Hall–Kier alpha value is -1.39. The molecule has 0 saturated carbocycles. The lowest BCUT2D eigenvalue weighted by Gasteiger charge is -2.21. The lowest BCUT2D eigenvalue weighted by molar-refractivity contribution is -0.132. The molecule has 2 N–H and O–H groups in total. The average Bonchev–Trinajstić information content (AvgIpc) is 2.76. The first-order valence-corrected chi connectivity index (χ1v) is 5.87. The van der Waals surface area contributed by atoms with E-state index < -0.39 is 6.10 Å². The van der Waals surface area contributed by atoms with E-state index in [0.717, 1.165) is 5.56 Å². The summed E-state index contributed by atoms with van der Waals surface area (Å²) in [5.74, 6) is 0.0467. The molecule has 1 aliphatic rings. The number of rotatable bonds is 3. The van der Waals surface area contributed by atoms with Gasteiger partial charge in [0, 0.05) is 20.1 Å². The number of carbonyl (C=O) groups excluding carboxylic acids is 1. The van der Waals surface area contributed by atoms with Gasteiger partial charge in [0.05, 0.1) is 12.1 Å². The van der Waals surface area contributed by atoms with Gasteiger partial charge in [-0.1, -0.05) is 30.3 Å². The van der Waals surface area contributed by atoms with Crippen molar-refractivity contribution in [2.75, 3.05) is 13.6 Å². The van der Waals surface area contributed by atoms with Crippen LogP contribution in [0.15, 0.2) is 30.3 Å². The lowest BCUT2D eigenvalue weighted by atomic mass is 10.1. The number of amides is 1. The number of benzene rings is 1. The van der Waals surface area contributed by atoms with Gasteiger partial charge in [-0.15, -0.1) is 0 Å². The van der Waals surface area contributed by atoms with Crippen LogP contribution >= 0.6 is 0 Å². The van der Waals surface area contributed by atoms with E-state index in [1.54, 1.807) is 11.9 Å². The van der Waals surface area contributed by atoms with E-state index in [1.165, 1.54) is 0 Å². The maximum Gasteiger partial charge on any atom is 0.239 e. The number of likely N-dealkylation sites (N-methyl/N-ethyl adjacent to an activating group) is 1. The fourth-order valence-electron chi connectivity index (χ4n) is 2.11. The van der Waals surface area contributed by atoms with E-state index in [-0.39, 0.29) is 11.9 Å². The Morgan fingerprint density at radius 1 is 1.47 bits per heavy atom. The highest BCUT2D eigenvalue weighted by Crippen LogP contribution is 2.11. The highest BCUT2D eigenvalue weighted by atomic mass is 16.3. The Kier molecular flexibility index (Phi) is 3.76. The number of hydrogen-bond donors (Lipinski definition) is 2. The monoisotopic (exact) mass is 234 g/mol. The molecule has 2 atom stereocenters. The SMILES string of the molecule is CN(Cc1ccccc1)C(=O)C1CC(O)CN1. The summed E-state index contributed by atoms with van der Waals surface area (Å²) in [5, 5.41) is 12.4. The summed E-state index contributed by atoms with van der Waals surface area (Å²) in [6.07, 6.45) is 0.117. The van der Waals surface area contributed by atoms with Gasteiger partial charge in [-0.05, 0) is 12.0 Å². The predicted molar refractivity (Wildman–Crippen MR) is 65.3 cm³/mol. The Bertz CT molecular complexity index is 380. The van der Waals surface area contributed by atoms with Crippen molar-refractivity contribution >= 4 is 5.91 Å². The van der Waals surface area contributed by atoms with Gasteiger partial charge in [0.2, 0.25) is 5.91 Å². The third kappa shape index (κ3) is 3.05. The Balaban J connectivity index is 1.92. The zero-order valence-corrected chi connectivity index (χ0v) is 9.97. The van der Waals surface area contributed by atoms with Gasteiger partial charge in [-0.25, -0.2) is 0 Å². The molecule has 0 aliphatic carbocycles. The quantitative estimate of drug-likeness (QED) is 0.794. The molecule has 1 fully saturated rings.